The van der Waals surface area contributed by atoms with Crippen molar-refractivity contribution in [1.82, 2.24) is 15.1 Å². The highest BCUT2D eigenvalue weighted by Crippen LogP contribution is 2.21. The fraction of sp³-hybridized carbons (Fsp3) is 0.257. The van der Waals surface area contributed by atoms with Crippen LogP contribution in [-0.4, -0.2) is 66.7 Å². The molecule has 0 heterocycles. The third-order valence-electron chi connectivity index (χ3n) is 6.74. The van der Waals surface area contributed by atoms with E-state index in [1.807, 2.05) is 49.3 Å². The molecule has 0 spiro atoms. The first-order valence-electron chi connectivity index (χ1n) is 14.2. The van der Waals surface area contributed by atoms with Gasteiger partial charge in [0.15, 0.2) is 0 Å². The highest BCUT2D eigenvalue weighted by molar-refractivity contribution is 5.94. The number of carbonyl (C=O) groups is 2. The molecule has 0 aliphatic carbocycles. The Morgan fingerprint density at radius 2 is 1.20 bits per heavy atom. The lowest BCUT2D eigenvalue weighted by molar-refractivity contribution is -0.192. The van der Waals surface area contributed by atoms with Crippen LogP contribution in [0.2, 0.25) is 0 Å². The molecular formula is C35H38F3N3O3. The lowest BCUT2D eigenvalue weighted by Gasteiger charge is -2.25. The number of likely N-dealkylation sites (N-methyl/N-ethyl adjacent to an activating group) is 1. The first kappa shape index (κ1) is 34.0. The molecule has 1 amide bonds. The number of carbonyl (C=O) groups excluding carboxylic acids is 1. The molecule has 44 heavy (non-hydrogen) atoms. The second-order valence-electron chi connectivity index (χ2n) is 10.5. The van der Waals surface area contributed by atoms with E-state index < -0.39 is 12.1 Å². The SMILES string of the molecule is CN(C)CCN(Cc1ccc(-c2ccc(CNCCc3ccccc3)cc2)cc1)C(=O)c1ccccc1.O=C(O)C(F)(F)F. The third kappa shape index (κ3) is 11.7. The molecule has 6 nitrogen and oxygen atoms in total. The molecule has 2 N–H and O–H groups in total. The quantitative estimate of drug-likeness (QED) is 0.180. The van der Waals surface area contributed by atoms with E-state index in [-0.39, 0.29) is 5.91 Å². The highest BCUT2D eigenvalue weighted by atomic mass is 19.4. The Labute approximate surface area is 256 Å². The number of nitrogens with zero attached hydrogens (tertiary/aromatic N) is 2. The van der Waals surface area contributed by atoms with Crippen LogP contribution in [0.1, 0.15) is 27.0 Å². The number of benzene rings is 4. The Bertz CT molecular complexity index is 1430. The van der Waals surface area contributed by atoms with Crippen molar-refractivity contribution in [3.63, 3.8) is 0 Å². The summed E-state index contributed by atoms with van der Waals surface area (Å²) in [5, 5.41) is 10.7. The Hall–Kier alpha value is -4.47. The maximum Gasteiger partial charge on any atom is 0.490 e. The van der Waals surface area contributed by atoms with E-state index in [1.165, 1.54) is 22.3 Å². The maximum absolute atomic E-state index is 13.2. The number of carboxylic acids is 1. The highest BCUT2D eigenvalue weighted by Gasteiger charge is 2.38. The molecule has 0 saturated carbocycles. The van der Waals surface area contributed by atoms with E-state index in [2.05, 4.69) is 89.1 Å². The molecular weight excluding hydrogens is 567 g/mol. The number of alkyl halides is 3. The summed E-state index contributed by atoms with van der Waals surface area (Å²) in [5.41, 5.74) is 6.88. The topological polar surface area (TPSA) is 72.9 Å². The van der Waals surface area contributed by atoms with Crippen LogP contribution in [0, 0.1) is 0 Å². The number of aliphatic carboxylic acids is 1. The standard InChI is InChI=1S/C33H37N3O.C2HF3O2/c1-35(2)23-24-36(33(37)32-11-7-4-8-12-32)26-29-15-19-31(20-16-29)30-17-13-28(14-18-30)25-34-22-21-27-9-5-3-6-10-27;3-2(4,5)1(6)7/h3-20,34H,21-26H2,1-2H3;(H,6,7). The summed E-state index contributed by atoms with van der Waals surface area (Å²) < 4.78 is 31.7. The van der Waals surface area contributed by atoms with Gasteiger partial charge >= 0.3 is 12.1 Å². The van der Waals surface area contributed by atoms with Gasteiger partial charge in [0.1, 0.15) is 0 Å². The van der Waals surface area contributed by atoms with Crippen LogP contribution in [0.3, 0.4) is 0 Å². The zero-order valence-electron chi connectivity index (χ0n) is 24.9. The van der Waals surface area contributed by atoms with Crippen molar-refractivity contribution in [2.75, 3.05) is 33.7 Å². The van der Waals surface area contributed by atoms with Crippen LogP contribution in [0.15, 0.2) is 109 Å². The van der Waals surface area contributed by atoms with Gasteiger partial charge in [-0.25, -0.2) is 4.79 Å². The number of halogens is 3. The third-order valence-corrected chi connectivity index (χ3v) is 6.74. The fourth-order valence-corrected chi connectivity index (χ4v) is 4.28. The Balaban J connectivity index is 0.000000676. The Morgan fingerprint density at radius 1 is 0.705 bits per heavy atom. The molecule has 0 aromatic heterocycles. The lowest BCUT2D eigenvalue weighted by Crippen LogP contribution is -2.36. The van der Waals surface area contributed by atoms with Gasteiger partial charge < -0.3 is 20.2 Å². The van der Waals surface area contributed by atoms with Crippen LogP contribution < -0.4 is 5.32 Å². The first-order valence-corrected chi connectivity index (χ1v) is 14.2. The van der Waals surface area contributed by atoms with Gasteiger partial charge in [0, 0.05) is 31.7 Å². The van der Waals surface area contributed by atoms with Crippen LogP contribution in [-0.2, 0) is 24.3 Å². The molecule has 0 unspecified atom stereocenters. The summed E-state index contributed by atoms with van der Waals surface area (Å²) in [6, 6.07) is 37.5. The van der Waals surface area contributed by atoms with Gasteiger partial charge in [-0.3, -0.25) is 4.79 Å². The summed E-state index contributed by atoms with van der Waals surface area (Å²) in [6.45, 7) is 3.93. The summed E-state index contributed by atoms with van der Waals surface area (Å²) in [7, 11) is 4.07. The monoisotopic (exact) mass is 605 g/mol. The van der Waals surface area contributed by atoms with E-state index in [0.29, 0.717) is 13.1 Å². The van der Waals surface area contributed by atoms with Gasteiger partial charge in [0.2, 0.25) is 0 Å². The molecule has 0 radical (unpaired) electrons. The van der Waals surface area contributed by atoms with E-state index in [9.17, 15) is 18.0 Å². The molecule has 0 bridgehead atoms. The predicted octanol–water partition coefficient (Wildman–Crippen LogP) is 6.52. The number of carboxylic acid groups (broad SMARTS) is 1. The number of amides is 1. The minimum atomic E-state index is -5.08. The molecule has 0 aliphatic heterocycles. The van der Waals surface area contributed by atoms with E-state index in [4.69, 9.17) is 9.90 Å². The van der Waals surface area contributed by atoms with Crippen molar-refractivity contribution in [2.24, 2.45) is 0 Å². The number of hydrogen-bond donors (Lipinski definition) is 2. The molecule has 4 rings (SSSR count). The van der Waals surface area contributed by atoms with Gasteiger partial charge in [-0.05, 0) is 67.0 Å². The summed E-state index contributed by atoms with van der Waals surface area (Å²) >= 11 is 0. The average Bonchev–Trinajstić information content (AvgIpc) is 3.02. The van der Waals surface area contributed by atoms with Gasteiger partial charge in [-0.2, -0.15) is 13.2 Å². The van der Waals surface area contributed by atoms with Crippen molar-refractivity contribution in [1.29, 1.82) is 0 Å². The van der Waals surface area contributed by atoms with Gasteiger partial charge in [0.05, 0.1) is 0 Å². The van der Waals surface area contributed by atoms with Crippen LogP contribution in [0.25, 0.3) is 11.1 Å². The molecule has 0 saturated heterocycles. The second-order valence-corrected chi connectivity index (χ2v) is 10.5. The van der Waals surface area contributed by atoms with E-state index in [1.54, 1.807) is 0 Å². The van der Waals surface area contributed by atoms with Crippen molar-refractivity contribution in [2.45, 2.75) is 25.7 Å². The van der Waals surface area contributed by atoms with Crippen molar-refractivity contribution in [3.05, 3.63) is 131 Å². The maximum atomic E-state index is 13.2. The minimum Gasteiger partial charge on any atom is -0.475 e. The summed E-state index contributed by atoms with van der Waals surface area (Å²) in [5.74, 6) is -2.69. The van der Waals surface area contributed by atoms with E-state index in [0.717, 1.165) is 37.2 Å². The second kappa shape index (κ2) is 17.0. The minimum absolute atomic E-state index is 0.0690. The van der Waals surface area contributed by atoms with Gasteiger partial charge in [-0.1, -0.05) is 97.1 Å². The lowest BCUT2D eigenvalue weighted by atomic mass is 10.0. The zero-order chi connectivity index (χ0) is 32.0. The molecule has 9 heteroatoms. The Morgan fingerprint density at radius 3 is 1.70 bits per heavy atom. The average molecular weight is 606 g/mol. The Kier molecular flexibility index (Phi) is 13.1. The van der Waals surface area contributed by atoms with Crippen LogP contribution in [0.5, 0.6) is 0 Å². The van der Waals surface area contributed by atoms with Gasteiger partial charge in [0.25, 0.3) is 5.91 Å². The largest absolute Gasteiger partial charge is 0.490 e. The molecule has 4 aromatic carbocycles. The number of nitrogens with one attached hydrogen (secondary N) is 1. The molecule has 232 valence electrons. The van der Waals surface area contributed by atoms with Crippen molar-refractivity contribution < 1.29 is 27.9 Å². The first-order chi connectivity index (χ1) is 21.0. The number of hydrogen-bond acceptors (Lipinski definition) is 4. The molecule has 0 aliphatic rings. The molecule has 0 atom stereocenters. The predicted molar refractivity (Wildman–Crippen MR) is 167 cm³/mol. The van der Waals surface area contributed by atoms with Crippen molar-refractivity contribution >= 4 is 11.9 Å². The van der Waals surface area contributed by atoms with Crippen LogP contribution in [0.4, 0.5) is 13.2 Å². The fourth-order valence-electron chi connectivity index (χ4n) is 4.28. The normalized spacial score (nSPS) is 11.0. The number of rotatable bonds is 12. The summed E-state index contributed by atoms with van der Waals surface area (Å²) in [6.07, 6.45) is -4.05. The van der Waals surface area contributed by atoms with Crippen LogP contribution >= 0.6 is 0 Å². The molecule has 0 fully saturated rings. The van der Waals surface area contributed by atoms with Gasteiger partial charge in [-0.15, -0.1) is 0 Å². The summed E-state index contributed by atoms with van der Waals surface area (Å²) in [4.78, 5) is 26.1. The molecule has 4 aromatic rings. The smallest absolute Gasteiger partial charge is 0.475 e. The van der Waals surface area contributed by atoms with E-state index >= 15 is 0 Å². The zero-order valence-corrected chi connectivity index (χ0v) is 24.9. The van der Waals surface area contributed by atoms with Crippen molar-refractivity contribution in [3.8, 4) is 11.1 Å².